The third kappa shape index (κ3) is 5.07. The second-order valence-electron chi connectivity index (χ2n) is 7.55. The third-order valence-corrected chi connectivity index (χ3v) is 5.14. The molecule has 2 aromatic rings. The van der Waals surface area contributed by atoms with Crippen LogP contribution >= 0.6 is 0 Å². The highest BCUT2D eigenvalue weighted by Gasteiger charge is 2.21. The minimum atomic E-state index is -0.305. The number of carbonyl (C=O) groups excluding carboxylic acids is 1. The van der Waals surface area contributed by atoms with E-state index in [9.17, 15) is 9.18 Å². The second-order valence-corrected chi connectivity index (χ2v) is 7.55. The summed E-state index contributed by atoms with van der Waals surface area (Å²) in [4.78, 5) is 16.6. The molecule has 144 valence electrons. The van der Waals surface area contributed by atoms with Crippen molar-refractivity contribution in [2.75, 3.05) is 31.5 Å². The van der Waals surface area contributed by atoms with Gasteiger partial charge in [-0.05, 0) is 41.7 Å². The fourth-order valence-corrected chi connectivity index (χ4v) is 3.25. The highest BCUT2D eigenvalue weighted by molar-refractivity contribution is 5.89. The van der Waals surface area contributed by atoms with Crippen LogP contribution in [-0.2, 0) is 6.54 Å². The first kappa shape index (κ1) is 19.4. The van der Waals surface area contributed by atoms with Crippen LogP contribution in [0.4, 0.5) is 14.9 Å². The number of nitrogens with one attached hydrogen (secondary N) is 1. The molecular weight excluding hydrogens is 341 g/mol. The number of benzene rings is 2. The Morgan fingerprint density at radius 2 is 1.74 bits per heavy atom. The summed E-state index contributed by atoms with van der Waals surface area (Å²) in [7, 11) is 0. The zero-order valence-electron chi connectivity index (χ0n) is 16.3. The summed E-state index contributed by atoms with van der Waals surface area (Å²) in [6, 6.07) is 13.4. The molecule has 3 rings (SSSR count). The Hall–Kier alpha value is -2.40. The van der Waals surface area contributed by atoms with Crippen LogP contribution in [0.2, 0.25) is 0 Å². The minimum absolute atomic E-state index is 0.167. The molecule has 27 heavy (non-hydrogen) atoms. The fraction of sp³-hybridized carbons (Fsp3) is 0.409. The largest absolute Gasteiger partial charge is 0.322 e. The first-order chi connectivity index (χ1) is 12.9. The molecule has 0 radical (unpaired) electrons. The standard InChI is InChI=1S/C22H28FN3O/c1-16(2)19-7-5-18(6-8-19)15-25-10-12-26(13-11-25)22(27)24-20-9-4-17(3)21(23)14-20/h4-9,14,16H,10-13,15H2,1-3H3,(H,24,27). The molecule has 4 nitrogen and oxygen atoms in total. The quantitative estimate of drug-likeness (QED) is 0.854. The number of hydrogen-bond acceptors (Lipinski definition) is 2. The van der Waals surface area contributed by atoms with Gasteiger partial charge in [0.1, 0.15) is 5.82 Å². The SMILES string of the molecule is Cc1ccc(NC(=O)N2CCN(Cc3ccc(C(C)C)cc3)CC2)cc1F. The van der Waals surface area contributed by atoms with Crippen molar-refractivity contribution in [3.05, 3.63) is 65.0 Å². The normalized spacial score (nSPS) is 15.2. The van der Waals surface area contributed by atoms with Gasteiger partial charge in [0.2, 0.25) is 0 Å². The van der Waals surface area contributed by atoms with Gasteiger partial charge in [0.15, 0.2) is 0 Å². The number of nitrogens with zero attached hydrogens (tertiary/aromatic N) is 2. The number of amides is 2. The summed E-state index contributed by atoms with van der Waals surface area (Å²) in [5.41, 5.74) is 3.72. The number of anilines is 1. The van der Waals surface area contributed by atoms with Gasteiger partial charge in [0, 0.05) is 38.4 Å². The number of aryl methyl sites for hydroxylation is 1. The van der Waals surface area contributed by atoms with E-state index in [0.29, 0.717) is 30.3 Å². The zero-order valence-corrected chi connectivity index (χ0v) is 16.3. The Morgan fingerprint density at radius 3 is 2.33 bits per heavy atom. The molecule has 0 atom stereocenters. The maximum absolute atomic E-state index is 13.6. The van der Waals surface area contributed by atoms with Crippen molar-refractivity contribution < 1.29 is 9.18 Å². The Labute approximate surface area is 161 Å². The molecule has 5 heteroatoms. The van der Waals surface area contributed by atoms with Gasteiger partial charge in [-0.1, -0.05) is 44.2 Å². The average molecular weight is 369 g/mol. The van der Waals surface area contributed by atoms with Crippen molar-refractivity contribution >= 4 is 11.7 Å². The summed E-state index contributed by atoms with van der Waals surface area (Å²) in [5.74, 6) is 0.240. The van der Waals surface area contributed by atoms with E-state index in [4.69, 9.17) is 0 Å². The Bertz CT molecular complexity index is 781. The molecule has 0 spiro atoms. The summed E-state index contributed by atoms with van der Waals surface area (Å²) in [6.07, 6.45) is 0. The molecule has 0 unspecified atom stereocenters. The van der Waals surface area contributed by atoms with Gasteiger partial charge in [-0.15, -0.1) is 0 Å². The van der Waals surface area contributed by atoms with E-state index < -0.39 is 0 Å². The molecule has 1 saturated heterocycles. The summed E-state index contributed by atoms with van der Waals surface area (Å²) in [6.45, 7) is 10.0. The summed E-state index contributed by atoms with van der Waals surface area (Å²) < 4.78 is 13.6. The van der Waals surface area contributed by atoms with Crippen LogP contribution in [0.15, 0.2) is 42.5 Å². The van der Waals surface area contributed by atoms with Crippen LogP contribution in [0.5, 0.6) is 0 Å². The van der Waals surface area contributed by atoms with Crippen molar-refractivity contribution in [1.82, 2.24) is 9.80 Å². The van der Waals surface area contributed by atoms with Crippen LogP contribution in [0.25, 0.3) is 0 Å². The Kier molecular flexibility index (Phi) is 6.11. The fourth-order valence-electron chi connectivity index (χ4n) is 3.25. The zero-order chi connectivity index (χ0) is 19.4. The van der Waals surface area contributed by atoms with Crippen LogP contribution in [-0.4, -0.2) is 42.0 Å². The molecule has 1 fully saturated rings. The number of hydrogen-bond donors (Lipinski definition) is 1. The van der Waals surface area contributed by atoms with Gasteiger partial charge in [-0.25, -0.2) is 9.18 Å². The van der Waals surface area contributed by atoms with Crippen molar-refractivity contribution in [2.24, 2.45) is 0 Å². The van der Waals surface area contributed by atoms with Crippen LogP contribution in [0.1, 0.15) is 36.5 Å². The van der Waals surface area contributed by atoms with Crippen molar-refractivity contribution in [3.63, 3.8) is 0 Å². The van der Waals surface area contributed by atoms with Gasteiger partial charge >= 0.3 is 6.03 Å². The number of urea groups is 1. The number of rotatable bonds is 4. The molecule has 0 bridgehead atoms. The average Bonchev–Trinajstić information content (AvgIpc) is 2.66. The van der Waals surface area contributed by atoms with E-state index in [1.807, 2.05) is 0 Å². The number of piperazine rings is 1. The van der Waals surface area contributed by atoms with Crippen molar-refractivity contribution in [1.29, 1.82) is 0 Å². The molecule has 1 N–H and O–H groups in total. The van der Waals surface area contributed by atoms with Gasteiger partial charge < -0.3 is 10.2 Å². The lowest BCUT2D eigenvalue weighted by atomic mass is 10.0. The predicted octanol–water partition coefficient (Wildman–Crippen LogP) is 4.61. The highest BCUT2D eigenvalue weighted by Crippen LogP contribution is 2.17. The molecule has 0 aliphatic carbocycles. The lowest BCUT2D eigenvalue weighted by molar-refractivity contribution is 0.143. The minimum Gasteiger partial charge on any atom is -0.322 e. The van der Waals surface area contributed by atoms with Gasteiger partial charge in [0.05, 0.1) is 0 Å². The highest BCUT2D eigenvalue weighted by atomic mass is 19.1. The summed E-state index contributed by atoms with van der Waals surface area (Å²) in [5, 5.41) is 2.79. The molecule has 0 saturated carbocycles. The van der Waals surface area contributed by atoms with Crippen LogP contribution in [0, 0.1) is 12.7 Å². The van der Waals surface area contributed by atoms with E-state index in [1.165, 1.54) is 17.2 Å². The Balaban J connectivity index is 1.49. The van der Waals surface area contributed by atoms with E-state index in [-0.39, 0.29) is 11.8 Å². The topological polar surface area (TPSA) is 35.6 Å². The molecule has 1 heterocycles. The number of carbonyl (C=O) groups is 1. The van der Waals surface area contributed by atoms with Gasteiger partial charge in [0.25, 0.3) is 0 Å². The molecule has 2 aromatic carbocycles. The maximum atomic E-state index is 13.6. The van der Waals surface area contributed by atoms with Crippen molar-refractivity contribution in [3.8, 4) is 0 Å². The monoisotopic (exact) mass is 369 g/mol. The van der Waals surface area contributed by atoms with Crippen LogP contribution < -0.4 is 5.32 Å². The third-order valence-electron chi connectivity index (χ3n) is 5.14. The Morgan fingerprint density at radius 1 is 1.07 bits per heavy atom. The molecular formula is C22H28FN3O. The lowest BCUT2D eigenvalue weighted by Gasteiger charge is -2.34. The van der Waals surface area contributed by atoms with Gasteiger partial charge in [-0.2, -0.15) is 0 Å². The van der Waals surface area contributed by atoms with Gasteiger partial charge in [-0.3, -0.25) is 4.90 Å². The molecule has 1 aliphatic heterocycles. The first-order valence-corrected chi connectivity index (χ1v) is 9.55. The maximum Gasteiger partial charge on any atom is 0.321 e. The number of halogens is 1. The van der Waals surface area contributed by atoms with E-state index in [0.717, 1.165) is 19.6 Å². The molecule has 0 aromatic heterocycles. The smallest absolute Gasteiger partial charge is 0.321 e. The van der Waals surface area contributed by atoms with Crippen LogP contribution in [0.3, 0.4) is 0 Å². The molecule has 1 aliphatic rings. The predicted molar refractivity (Wildman–Crippen MR) is 108 cm³/mol. The summed E-state index contributed by atoms with van der Waals surface area (Å²) >= 11 is 0. The van der Waals surface area contributed by atoms with Crippen molar-refractivity contribution in [2.45, 2.75) is 33.2 Å². The van der Waals surface area contributed by atoms with E-state index in [2.05, 4.69) is 48.3 Å². The molecule has 2 amide bonds. The van der Waals surface area contributed by atoms with E-state index in [1.54, 1.807) is 24.0 Å². The second kappa shape index (κ2) is 8.53. The lowest BCUT2D eigenvalue weighted by Crippen LogP contribution is -2.49. The van der Waals surface area contributed by atoms with E-state index >= 15 is 0 Å². The first-order valence-electron chi connectivity index (χ1n) is 9.55.